The minimum Gasteiger partial charge on any atom is -0.370 e. The third-order valence-electron chi connectivity index (χ3n) is 4.09. The van der Waals surface area contributed by atoms with Gasteiger partial charge in [-0.15, -0.1) is 0 Å². The molecule has 122 valence electrons. The summed E-state index contributed by atoms with van der Waals surface area (Å²) in [5.41, 5.74) is 3.54. The molecule has 0 amide bonds. The largest absolute Gasteiger partial charge is 0.370 e. The summed E-state index contributed by atoms with van der Waals surface area (Å²) < 4.78 is 15.4. The fraction of sp³-hybridized carbons (Fsp3) is 0.389. The number of nitrogens with one attached hydrogen (secondary N) is 2. The van der Waals surface area contributed by atoms with Crippen molar-refractivity contribution >= 4 is 16.8 Å². The summed E-state index contributed by atoms with van der Waals surface area (Å²) in [5.74, 6) is 1.02. The maximum Gasteiger partial charge on any atom is 0.129 e. The predicted octanol–water partition coefficient (Wildman–Crippen LogP) is 2.86. The van der Waals surface area contributed by atoms with Gasteiger partial charge in [0.2, 0.25) is 0 Å². The molecule has 1 aromatic heterocycles. The number of fused-ring (bicyclic) bond motifs is 1. The van der Waals surface area contributed by atoms with E-state index in [4.69, 9.17) is 0 Å². The Kier molecular flexibility index (Phi) is 5.41. The van der Waals surface area contributed by atoms with E-state index in [-0.39, 0.29) is 0 Å². The van der Waals surface area contributed by atoms with Crippen LogP contribution < -0.4 is 10.0 Å². The van der Waals surface area contributed by atoms with Crippen molar-refractivity contribution in [3.63, 3.8) is 0 Å². The third kappa shape index (κ3) is 4.18. The van der Waals surface area contributed by atoms with Crippen LogP contribution in [0.3, 0.4) is 0 Å². The van der Waals surface area contributed by atoms with E-state index in [1.54, 1.807) is 0 Å². The number of benzene rings is 1. The van der Waals surface area contributed by atoms with Crippen molar-refractivity contribution in [2.75, 3.05) is 18.4 Å². The molecule has 0 spiro atoms. The molecule has 2 heterocycles. The maximum atomic E-state index is 12.3. The van der Waals surface area contributed by atoms with Gasteiger partial charge in [0.15, 0.2) is 0 Å². The lowest BCUT2D eigenvalue weighted by atomic mass is 10.1. The van der Waals surface area contributed by atoms with Crippen molar-refractivity contribution in [3.8, 4) is 0 Å². The van der Waals surface area contributed by atoms with Crippen LogP contribution in [0.5, 0.6) is 0 Å². The van der Waals surface area contributed by atoms with E-state index in [0.29, 0.717) is 6.54 Å². The van der Waals surface area contributed by atoms with Crippen LogP contribution in [0.25, 0.3) is 0 Å². The molecular weight excluding hydrogens is 306 g/mol. The summed E-state index contributed by atoms with van der Waals surface area (Å²) in [6.07, 6.45) is 4.00. The lowest BCUT2D eigenvalue weighted by Gasteiger charge is -2.17. The number of hydrogen-bond acceptors (Lipinski definition) is 3. The molecule has 3 rings (SSSR count). The van der Waals surface area contributed by atoms with E-state index >= 15 is 0 Å². The van der Waals surface area contributed by atoms with Gasteiger partial charge >= 0.3 is 0 Å². The molecule has 2 aromatic rings. The number of anilines is 1. The predicted molar refractivity (Wildman–Crippen MR) is 95.0 cm³/mol. The van der Waals surface area contributed by atoms with Gasteiger partial charge in [0.05, 0.1) is 4.90 Å². The summed E-state index contributed by atoms with van der Waals surface area (Å²) in [4.78, 5) is 5.50. The van der Waals surface area contributed by atoms with Crippen molar-refractivity contribution in [1.29, 1.82) is 0 Å². The van der Waals surface area contributed by atoms with E-state index in [1.165, 1.54) is 17.5 Å². The van der Waals surface area contributed by atoms with E-state index in [9.17, 15) is 4.21 Å². The van der Waals surface area contributed by atoms with Crippen LogP contribution in [-0.2, 0) is 30.2 Å². The van der Waals surface area contributed by atoms with Crippen LogP contribution in [0, 0.1) is 0 Å². The number of nitrogens with zero attached hydrogens (tertiary/aromatic N) is 1. The molecule has 0 aliphatic carbocycles. The molecule has 1 atom stereocenters. The Bertz CT molecular complexity index is 702. The molecule has 0 radical (unpaired) electrons. The Balaban J connectivity index is 1.55. The number of aromatic nitrogens is 1. The molecular formula is C18H23N3OS. The summed E-state index contributed by atoms with van der Waals surface area (Å²) in [6, 6.07) is 12.2. The molecule has 2 N–H and O–H groups in total. The van der Waals surface area contributed by atoms with Gasteiger partial charge in [0.1, 0.15) is 16.8 Å². The molecule has 5 heteroatoms. The lowest BCUT2D eigenvalue weighted by molar-refractivity contribution is 0.670. The lowest BCUT2D eigenvalue weighted by Crippen LogP contribution is -2.21. The average molecular weight is 329 g/mol. The average Bonchev–Trinajstić information content (AvgIpc) is 2.61. The first-order valence-electron chi connectivity index (χ1n) is 8.23. The summed E-state index contributed by atoms with van der Waals surface area (Å²) in [6.45, 7) is 3.75. The zero-order valence-corrected chi connectivity index (χ0v) is 14.3. The van der Waals surface area contributed by atoms with Gasteiger partial charge in [0.25, 0.3) is 0 Å². The number of hydrogen-bond donors (Lipinski definition) is 2. The second kappa shape index (κ2) is 7.70. The number of pyridine rings is 1. The molecule has 0 saturated heterocycles. The van der Waals surface area contributed by atoms with Crippen LogP contribution in [0.2, 0.25) is 0 Å². The molecule has 1 aromatic carbocycles. The standard InChI is InChI=1S/C18H23N3OS/c1-2-14-5-3-7-17(13-14)23(22)20-12-10-16-9-8-15-6-4-11-19-18(15)21-16/h3,5,7-9,13,20H,2,4,6,10-12H2,1H3,(H,19,21). The summed E-state index contributed by atoms with van der Waals surface area (Å²) in [7, 11) is -1.16. The van der Waals surface area contributed by atoms with E-state index in [2.05, 4.69) is 40.1 Å². The Hall–Kier alpha value is -1.72. The number of aryl methyl sites for hydroxylation is 2. The van der Waals surface area contributed by atoms with Gasteiger partial charge in [-0.05, 0) is 48.6 Å². The highest BCUT2D eigenvalue weighted by molar-refractivity contribution is 7.83. The third-order valence-corrected chi connectivity index (χ3v) is 5.24. The van der Waals surface area contributed by atoms with E-state index < -0.39 is 11.0 Å². The first kappa shape index (κ1) is 16.1. The first-order chi connectivity index (χ1) is 11.3. The highest BCUT2D eigenvalue weighted by Crippen LogP contribution is 2.19. The number of rotatable bonds is 6. The molecule has 0 saturated carbocycles. The Morgan fingerprint density at radius 2 is 2.22 bits per heavy atom. The van der Waals surface area contributed by atoms with Crippen molar-refractivity contribution < 1.29 is 4.21 Å². The first-order valence-corrected chi connectivity index (χ1v) is 9.38. The molecule has 0 bridgehead atoms. The molecule has 1 aliphatic heterocycles. The normalized spacial score (nSPS) is 14.8. The van der Waals surface area contributed by atoms with Crippen LogP contribution in [0.1, 0.15) is 30.2 Å². The zero-order chi connectivity index (χ0) is 16.1. The van der Waals surface area contributed by atoms with Gasteiger partial charge in [-0.1, -0.05) is 25.1 Å². The maximum absolute atomic E-state index is 12.3. The van der Waals surface area contributed by atoms with Gasteiger partial charge in [-0.25, -0.2) is 13.9 Å². The summed E-state index contributed by atoms with van der Waals surface area (Å²) >= 11 is 0. The van der Waals surface area contributed by atoms with Crippen molar-refractivity contribution in [2.24, 2.45) is 0 Å². The smallest absolute Gasteiger partial charge is 0.129 e. The fourth-order valence-electron chi connectivity index (χ4n) is 2.74. The van der Waals surface area contributed by atoms with Crippen LogP contribution in [0.15, 0.2) is 41.3 Å². The molecule has 1 aliphatic rings. The van der Waals surface area contributed by atoms with Crippen molar-refractivity contribution in [3.05, 3.63) is 53.2 Å². The highest BCUT2D eigenvalue weighted by atomic mass is 32.2. The molecule has 0 fully saturated rings. The van der Waals surface area contributed by atoms with Crippen LogP contribution in [-0.4, -0.2) is 22.3 Å². The highest BCUT2D eigenvalue weighted by Gasteiger charge is 2.10. The SMILES string of the molecule is CCc1cccc(S(=O)NCCc2ccc3c(n2)NCCC3)c1. The molecule has 4 nitrogen and oxygen atoms in total. The topological polar surface area (TPSA) is 54.0 Å². The van der Waals surface area contributed by atoms with Gasteiger partial charge in [-0.3, -0.25) is 0 Å². The molecule has 1 unspecified atom stereocenters. The minimum atomic E-state index is -1.16. The Labute approximate surface area is 140 Å². The van der Waals surface area contributed by atoms with Crippen LogP contribution >= 0.6 is 0 Å². The Morgan fingerprint density at radius 1 is 1.30 bits per heavy atom. The second-order valence-corrected chi connectivity index (χ2v) is 7.05. The molecule has 23 heavy (non-hydrogen) atoms. The van der Waals surface area contributed by atoms with E-state index in [0.717, 1.165) is 42.2 Å². The monoisotopic (exact) mass is 329 g/mol. The Morgan fingerprint density at radius 3 is 3.09 bits per heavy atom. The summed E-state index contributed by atoms with van der Waals surface area (Å²) in [5, 5.41) is 3.35. The quantitative estimate of drug-likeness (QED) is 0.857. The zero-order valence-electron chi connectivity index (χ0n) is 13.5. The van der Waals surface area contributed by atoms with Gasteiger partial charge < -0.3 is 5.32 Å². The second-order valence-electron chi connectivity index (χ2n) is 5.75. The fourth-order valence-corrected chi connectivity index (χ4v) is 3.66. The van der Waals surface area contributed by atoms with E-state index in [1.807, 2.05) is 18.2 Å². The van der Waals surface area contributed by atoms with Crippen LogP contribution in [0.4, 0.5) is 5.82 Å². The van der Waals surface area contributed by atoms with Crippen molar-refractivity contribution in [2.45, 2.75) is 37.5 Å². The minimum absolute atomic E-state index is 0.648. The van der Waals surface area contributed by atoms with Gasteiger partial charge in [0, 0.05) is 25.2 Å². The van der Waals surface area contributed by atoms with Crippen molar-refractivity contribution in [1.82, 2.24) is 9.71 Å². The van der Waals surface area contributed by atoms with Gasteiger partial charge in [-0.2, -0.15) is 0 Å².